The van der Waals surface area contributed by atoms with E-state index in [1.54, 1.807) is 13.0 Å². The summed E-state index contributed by atoms with van der Waals surface area (Å²) in [5.74, 6) is -0.900. The Morgan fingerprint density at radius 2 is 1.95 bits per heavy atom. The summed E-state index contributed by atoms with van der Waals surface area (Å²) >= 11 is 8.75. The second-order valence-corrected chi connectivity index (χ2v) is 7.32. The predicted molar refractivity (Wildman–Crippen MR) is 85.5 cm³/mol. The quantitative estimate of drug-likeness (QED) is 0.776. The zero-order chi connectivity index (χ0) is 15.8. The number of aryl methyl sites for hydroxylation is 1. The molecule has 0 aromatic heterocycles. The Bertz CT molecular complexity index is 812. The fourth-order valence-corrected chi connectivity index (χ4v) is 3.82. The van der Waals surface area contributed by atoms with E-state index in [9.17, 15) is 12.8 Å². The van der Waals surface area contributed by atoms with Gasteiger partial charge in [-0.1, -0.05) is 11.6 Å². The van der Waals surface area contributed by atoms with Gasteiger partial charge in [0, 0.05) is 10.7 Å². The van der Waals surface area contributed by atoms with Gasteiger partial charge in [0.1, 0.15) is 4.90 Å². The first-order valence-corrected chi connectivity index (χ1v) is 8.39. The van der Waals surface area contributed by atoms with Crippen LogP contribution in [-0.2, 0) is 10.0 Å². The van der Waals surface area contributed by atoms with Crippen LogP contribution in [0.2, 0.25) is 5.02 Å². The molecule has 0 amide bonds. The van der Waals surface area contributed by atoms with Gasteiger partial charge in [0.15, 0.2) is 5.82 Å². The van der Waals surface area contributed by atoms with Gasteiger partial charge >= 0.3 is 0 Å². The Kier molecular flexibility index (Phi) is 4.46. The van der Waals surface area contributed by atoms with Crippen LogP contribution in [0.25, 0.3) is 0 Å². The molecule has 0 radical (unpaired) electrons. The van der Waals surface area contributed by atoms with E-state index < -0.39 is 20.7 Å². The molecule has 0 heterocycles. The molecule has 2 rings (SSSR count). The first-order chi connectivity index (χ1) is 9.70. The zero-order valence-electron chi connectivity index (χ0n) is 10.8. The van der Waals surface area contributed by atoms with E-state index in [1.807, 2.05) is 0 Å². The molecule has 0 bridgehead atoms. The fraction of sp³-hybridized carbons (Fsp3) is 0.0769. The normalized spacial score (nSPS) is 11.4. The molecule has 0 spiro atoms. The average molecular weight is 394 g/mol. The molecule has 0 aliphatic carbocycles. The van der Waals surface area contributed by atoms with E-state index >= 15 is 0 Å². The molecule has 4 nitrogen and oxygen atoms in total. The summed E-state index contributed by atoms with van der Waals surface area (Å²) in [6.07, 6.45) is 0. The molecule has 2 aromatic carbocycles. The lowest BCUT2D eigenvalue weighted by molar-refractivity contribution is 0.567. The highest BCUT2D eigenvalue weighted by atomic mass is 79.9. The number of sulfonamides is 1. The molecule has 0 saturated heterocycles. The summed E-state index contributed by atoms with van der Waals surface area (Å²) < 4.78 is 40.9. The molecule has 2 aromatic rings. The Morgan fingerprint density at radius 1 is 1.29 bits per heavy atom. The van der Waals surface area contributed by atoms with E-state index in [-0.39, 0.29) is 10.2 Å². The fourth-order valence-electron chi connectivity index (χ4n) is 1.72. The Labute approximate surface area is 135 Å². The lowest BCUT2D eigenvalue weighted by atomic mass is 10.2. The van der Waals surface area contributed by atoms with E-state index in [4.69, 9.17) is 17.3 Å². The van der Waals surface area contributed by atoms with Crippen molar-refractivity contribution in [1.29, 1.82) is 0 Å². The Hall–Kier alpha value is -1.31. The molecule has 0 saturated carbocycles. The van der Waals surface area contributed by atoms with Gasteiger partial charge in [-0.15, -0.1) is 0 Å². The summed E-state index contributed by atoms with van der Waals surface area (Å²) in [6.45, 7) is 1.69. The summed E-state index contributed by atoms with van der Waals surface area (Å²) in [5, 5.41) is 0.480. The number of nitrogens with two attached hydrogens (primary N) is 1. The van der Waals surface area contributed by atoms with Crippen molar-refractivity contribution in [3.05, 3.63) is 51.2 Å². The lowest BCUT2D eigenvalue weighted by Crippen LogP contribution is -2.16. The minimum absolute atomic E-state index is 0.0179. The van der Waals surface area contributed by atoms with Crippen LogP contribution in [-0.4, -0.2) is 8.42 Å². The van der Waals surface area contributed by atoms with E-state index in [0.29, 0.717) is 16.3 Å². The number of hydrogen-bond donors (Lipinski definition) is 2. The molecule has 0 aliphatic heterocycles. The summed E-state index contributed by atoms with van der Waals surface area (Å²) in [4.78, 5) is -0.524. The van der Waals surface area contributed by atoms with Crippen LogP contribution >= 0.6 is 27.5 Å². The lowest BCUT2D eigenvalue weighted by Gasteiger charge is -2.12. The molecular formula is C13H11BrClFN2O2S. The number of rotatable bonds is 3. The van der Waals surface area contributed by atoms with Crippen LogP contribution in [0.1, 0.15) is 5.56 Å². The topological polar surface area (TPSA) is 72.2 Å². The van der Waals surface area contributed by atoms with Crippen LogP contribution in [0.5, 0.6) is 0 Å². The molecule has 8 heteroatoms. The van der Waals surface area contributed by atoms with Crippen molar-refractivity contribution >= 4 is 48.9 Å². The van der Waals surface area contributed by atoms with Gasteiger partial charge < -0.3 is 5.73 Å². The maximum atomic E-state index is 14.0. The molecule has 112 valence electrons. The van der Waals surface area contributed by atoms with Crippen molar-refractivity contribution in [3.63, 3.8) is 0 Å². The molecule has 0 unspecified atom stereocenters. The van der Waals surface area contributed by atoms with Gasteiger partial charge in [-0.25, -0.2) is 12.8 Å². The highest BCUT2D eigenvalue weighted by Gasteiger charge is 2.22. The molecule has 21 heavy (non-hydrogen) atoms. The minimum Gasteiger partial charge on any atom is -0.399 e. The predicted octanol–water partition coefficient (Wildman–Crippen LogP) is 3.93. The maximum absolute atomic E-state index is 14.0. The van der Waals surface area contributed by atoms with Crippen LogP contribution < -0.4 is 10.5 Å². The maximum Gasteiger partial charge on any atom is 0.264 e. The third-order valence-corrected chi connectivity index (χ3v) is 4.92. The van der Waals surface area contributed by atoms with Gasteiger partial charge in [-0.2, -0.15) is 0 Å². The van der Waals surface area contributed by atoms with E-state index in [0.717, 1.165) is 6.07 Å². The summed E-state index contributed by atoms with van der Waals surface area (Å²) in [7, 11) is -4.10. The smallest absolute Gasteiger partial charge is 0.264 e. The van der Waals surface area contributed by atoms with Crippen molar-refractivity contribution in [2.45, 2.75) is 11.8 Å². The summed E-state index contributed by atoms with van der Waals surface area (Å²) in [5.41, 5.74) is 6.63. The van der Waals surface area contributed by atoms with Gasteiger partial charge in [0.05, 0.1) is 10.2 Å². The molecule has 0 fully saturated rings. The summed E-state index contributed by atoms with van der Waals surface area (Å²) in [6, 6.07) is 7.01. The third-order valence-electron chi connectivity index (χ3n) is 2.74. The van der Waals surface area contributed by atoms with Crippen molar-refractivity contribution in [1.82, 2.24) is 0 Å². The second-order valence-electron chi connectivity index (χ2n) is 4.38. The average Bonchev–Trinajstić information content (AvgIpc) is 2.37. The zero-order valence-corrected chi connectivity index (χ0v) is 14.0. The SMILES string of the molecule is Cc1cc(Cl)ccc1NS(=O)(=O)c1cc(N)cc(Br)c1F. The van der Waals surface area contributed by atoms with Gasteiger partial charge in [-0.3, -0.25) is 4.72 Å². The molecular weight excluding hydrogens is 383 g/mol. The number of nitrogens with one attached hydrogen (secondary N) is 1. The monoisotopic (exact) mass is 392 g/mol. The van der Waals surface area contributed by atoms with Crippen LogP contribution in [0.3, 0.4) is 0 Å². The van der Waals surface area contributed by atoms with Crippen molar-refractivity contribution in [3.8, 4) is 0 Å². The number of nitrogen functional groups attached to an aromatic ring is 1. The number of halogens is 3. The van der Waals surface area contributed by atoms with Crippen LogP contribution in [0.4, 0.5) is 15.8 Å². The van der Waals surface area contributed by atoms with Gasteiger partial charge in [0.25, 0.3) is 10.0 Å². The number of hydrogen-bond acceptors (Lipinski definition) is 3. The van der Waals surface area contributed by atoms with E-state index in [1.165, 1.54) is 18.2 Å². The molecule has 3 N–H and O–H groups in total. The molecule has 0 aliphatic rings. The van der Waals surface area contributed by atoms with Crippen molar-refractivity contribution in [2.75, 3.05) is 10.5 Å². The van der Waals surface area contributed by atoms with Crippen molar-refractivity contribution < 1.29 is 12.8 Å². The van der Waals surface area contributed by atoms with Crippen LogP contribution in [0, 0.1) is 12.7 Å². The number of anilines is 2. The Balaban J connectivity index is 2.48. The highest BCUT2D eigenvalue weighted by Crippen LogP contribution is 2.28. The first kappa shape index (κ1) is 16.1. The van der Waals surface area contributed by atoms with Gasteiger partial charge in [-0.05, 0) is 58.7 Å². The molecule has 0 atom stereocenters. The Morgan fingerprint density at radius 3 is 2.57 bits per heavy atom. The third kappa shape index (κ3) is 3.48. The van der Waals surface area contributed by atoms with Crippen LogP contribution in [0.15, 0.2) is 39.7 Å². The number of benzene rings is 2. The second kappa shape index (κ2) is 5.82. The van der Waals surface area contributed by atoms with Gasteiger partial charge in [0.2, 0.25) is 0 Å². The van der Waals surface area contributed by atoms with E-state index in [2.05, 4.69) is 20.7 Å². The van der Waals surface area contributed by atoms with Crippen molar-refractivity contribution in [2.24, 2.45) is 0 Å². The largest absolute Gasteiger partial charge is 0.399 e. The first-order valence-electron chi connectivity index (χ1n) is 5.74. The standard InChI is InChI=1S/C13H11BrClFN2O2S/c1-7-4-8(15)2-3-11(7)18-21(19,20)12-6-9(17)5-10(14)13(12)16/h2-6,18H,17H2,1H3. The minimum atomic E-state index is -4.10. The highest BCUT2D eigenvalue weighted by molar-refractivity contribution is 9.10.